The minimum absolute atomic E-state index is 0.112. The predicted octanol–water partition coefficient (Wildman–Crippen LogP) is 1.58. The van der Waals surface area contributed by atoms with Crippen LogP contribution in [-0.4, -0.2) is 17.5 Å². The van der Waals surface area contributed by atoms with Crippen LogP contribution in [0.3, 0.4) is 0 Å². The van der Waals surface area contributed by atoms with E-state index in [1.807, 2.05) is 30.3 Å². The first kappa shape index (κ1) is 10.8. The summed E-state index contributed by atoms with van der Waals surface area (Å²) < 4.78 is 6.84. The molecule has 4 nitrogen and oxygen atoms in total. The number of hydrogen-bond donors (Lipinski definition) is 0. The SMILES string of the molecule is O=Cc1cn(-c2ccccc2)c(=O)c2c1OCC2. The van der Waals surface area contributed by atoms with Gasteiger partial charge in [-0.05, 0) is 12.1 Å². The van der Waals surface area contributed by atoms with E-state index in [0.717, 1.165) is 12.0 Å². The molecule has 90 valence electrons. The van der Waals surface area contributed by atoms with Gasteiger partial charge in [0, 0.05) is 18.3 Å². The average Bonchev–Trinajstić information content (AvgIpc) is 2.90. The van der Waals surface area contributed by atoms with Gasteiger partial charge in [0.05, 0.1) is 17.7 Å². The summed E-state index contributed by atoms with van der Waals surface area (Å²) in [6.07, 6.45) is 2.82. The fourth-order valence-electron chi connectivity index (χ4n) is 2.18. The molecule has 0 fully saturated rings. The molecule has 0 N–H and O–H groups in total. The zero-order valence-corrected chi connectivity index (χ0v) is 9.63. The second kappa shape index (κ2) is 4.14. The summed E-state index contributed by atoms with van der Waals surface area (Å²) in [4.78, 5) is 23.4. The molecule has 0 radical (unpaired) electrons. The number of nitrogens with zero attached hydrogens (tertiary/aromatic N) is 1. The van der Waals surface area contributed by atoms with Crippen molar-refractivity contribution >= 4 is 6.29 Å². The molecule has 0 saturated heterocycles. The first-order chi connectivity index (χ1) is 8.81. The molecule has 0 aliphatic carbocycles. The number of carbonyl (C=O) groups is 1. The van der Waals surface area contributed by atoms with Crippen molar-refractivity contribution in [3.8, 4) is 11.4 Å². The van der Waals surface area contributed by atoms with Crippen LogP contribution in [0, 0.1) is 0 Å². The number of aldehydes is 1. The molecule has 2 heterocycles. The first-order valence-electron chi connectivity index (χ1n) is 5.73. The summed E-state index contributed by atoms with van der Waals surface area (Å²) >= 11 is 0. The lowest BCUT2D eigenvalue weighted by Crippen LogP contribution is -2.21. The number of pyridine rings is 1. The highest BCUT2D eigenvalue weighted by atomic mass is 16.5. The minimum atomic E-state index is -0.112. The number of fused-ring (bicyclic) bond motifs is 1. The molecule has 0 amide bonds. The van der Waals surface area contributed by atoms with Crippen LogP contribution in [-0.2, 0) is 6.42 Å². The fraction of sp³-hybridized carbons (Fsp3) is 0.143. The Morgan fingerprint density at radius 2 is 2.00 bits per heavy atom. The van der Waals surface area contributed by atoms with Crippen molar-refractivity contribution in [1.82, 2.24) is 4.57 Å². The van der Waals surface area contributed by atoms with E-state index >= 15 is 0 Å². The molecule has 0 unspecified atom stereocenters. The van der Waals surface area contributed by atoms with Crippen LogP contribution < -0.4 is 10.3 Å². The highest BCUT2D eigenvalue weighted by molar-refractivity contribution is 5.80. The molecule has 1 aromatic heterocycles. The number of hydrogen-bond acceptors (Lipinski definition) is 3. The molecule has 0 bridgehead atoms. The monoisotopic (exact) mass is 241 g/mol. The van der Waals surface area contributed by atoms with Gasteiger partial charge in [0.15, 0.2) is 6.29 Å². The summed E-state index contributed by atoms with van der Waals surface area (Å²) in [6, 6.07) is 9.25. The van der Waals surface area contributed by atoms with Gasteiger partial charge in [0.2, 0.25) is 0 Å². The van der Waals surface area contributed by atoms with Gasteiger partial charge in [-0.1, -0.05) is 18.2 Å². The van der Waals surface area contributed by atoms with Crippen molar-refractivity contribution in [2.75, 3.05) is 6.61 Å². The minimum Gasteiger partial charge on any atom is -0.492 e. The standard InChI is InChI=1S/C14H11NO3/c16-9-10-8-15(11-4-2-1-3-5-11)14(17)12-6-7-18-13(10)12/h1-5,8-9H,6-7H2. The van der Waals surface area contributed by atoms with Crippen molar-refractivity contribution in [1.29, 1.82) is 0 Å². The van der Waals surface area contributed by atoms with Gasteiger partial charge >= 0.3 is 0 Å². The van der Waals surface area contributed by atoms with Crippen molar-refractivity contribution in [3.05, 3.63) is 58.0 Å². The maximum atomic E-state index is 12.3. The van der Waals surface area contributed by atoms with Gasteiger partial charge in [-0.3, -0.25) is 14.2 Å². The van der Waals surface area contributed by atoms with Crippen LogP contribution in [0.2, 0.25) is 0 Å². The molecule has 18 heavy (non-hydrogen) atoms. The number of rotatable bonds is 2. The Labute approximate surface area is 103 Å². The summed E-state index contributed by atoms with van der Waals surface area (Å²) in [5, 5.41) is 0. The largest absolute Gasteiger partial charge is 0.492 e. The molecule has 3 rings (SSSR count). The first-order valence-corrected chi connectivity index (χ1v) is 5.73. The van der Waals surface area contributed by atoms with Crippen molar-refractivity contribution in [3.63, 3.8) is 0 Å². The lowest BCUT2D eigenvalue weighted by Gasteiger charge is -2.09. The lowest BCUT2D eigenvalue weighted by molar-refractivity contribution is 0.112. The summed E-state index contributed by atoms with van der Waals surface area (Å²) in [7, 11) is 0. The zero-order valence-electron chi connectivity index (χ0n) is 9.63. The smallest absolute Gasteiger partial charge is 0.262 e. The van der Waals surface area contributed by atoms with Crippen LogP contribution in [0.1, 0.15) is 15.9 Å². The van der Waals surface area contributed by atoms with Gasteiger partial charge in [0.1, 0.15) is 5.75 Å². The molecule has 0 saturated carbocycles. The van der Waals surface area contributed by atoms with E-state index in [1.165, 1.54) is 10.8 Å². The Bertz CT molecular complexity index is 659. The Morgan fingerprint density at radius 3 is 2.72 bits per heavy atom. The van der Waals surface area contributed by atoms with E-state index in [-0.39, 0.29) is 5.56 Å². The topological polar surface area (TPSA) is 48.3 Å². The van der Waals surface area contributed by atoms with Crippen LogP contribution in [0.25, 0.3) is 5.69 Å². The Hall–Kier alpha value is -2.36. The van der Waals surface area contributed by atoms with E-state index in [0.29, 0.717) is 29.9 Å². The Balaban J connectivity index is 2.29. The third-order valence-electron chi connectivity index (χ3n) is 3.04. The highest BCUT2D eigenvalue weighted by Gasteiger charge is 2.22. The number of carbonyl (C=O) groups excluding carboxylic acids is 1. The molecular formula is C14H11NO3. The average molecular weight is 241 g/mol. The molecule has 0 spiro atoms. The maximum Gasteiger partial charge on any atom is 0.262 e. The van der Waals surface area contributed by atoms with Crippen molar-refractivity contribution in [2.45, 2.75) is 6.42 Å². The molecule has 1 aliphatic heterocycles. The predicted molar refractivity (Wildman–Crippen MR) is 66.6 cm³/mol. The van der Waals surface area contributed by atoms with E-state index < -0.39 is 0 Å². The van der Waals surface area contributed by atoms with Gasteiger partial charge in [-0.15, -0.1) is 0 Å². The van der Waals surface area contributed by atoms with Crippen molar-refractivity contribution < 1.29 is 9.53 Å². The third-order valence-corrected chi connectivity index (χ3v) is 3.04. The highest BCUT2D eigenvalue weighted by Crippen LogP contribution is 2.26. The van der Waals surface area contributed by atoms with Gasteiger partial charge in [-0.2, -0.15) is 0 Å². The van der Waals surface area contributed by atoms with E-state index in [1.54, 1.807) is 0 Å². The van der Waals surface area contributed by atoms with Gasteiger partial charge in [-0.25, -0.2) is 0 Å². The third kappa shape index (κ3) is 1.54. The second-order valence-electron chi connectivity index (χ2n) is 4.12. The maximum absolute atomic E-state index is 12.3. The van der Waals surface area contributed by atoms with E-state index in [9.17, 15) is 9.59 Å². The zero-order chi connectivity index (χ0) is 12.5. The quantitative estimate of drug-likeness (QED) is 0.750. The fourth-order valence-corrected chi connectivity index (χ4v) is 2.18. The summed E-state index contributed by atoms with van der Waals surface area (Å²) in [6.45, 7) is 0.463. The molecule has 0 atom stereocenters. The molecule has 1 aromatic carbocycles. The number of aromatic nitrogens is 1. The number of benzene rings is 1. The van der Waals surface area contributed by atoms with Crippen LogP contribution in [0.5, 0.6) is 5.75 Å². The van der Waals surface area contributed by atoms with E-state index in [4.69, 9.17) is 4.74 Å². The molecule has 4 heteroatoms. The normalized spacial score (nSPS) is 12.9. The summed E-state index contributed by atoms with van der Waals surface area (Å²) in [5.41, 5.74) is 1.65. The number of para-hydroxylation sites is 1. The lowest BCUT2D eigenvalue weighted by atomic mass is 10.1. The molecule has 2 aromatic rings. The molecular weight excluding hydrogens is 230 g/mol. The second-order valence-corrected chi connectivity index (χ2v) is 4.12. The van der Waals surface area contributed by atoms with Crippen LogP contribution in [0.15, 0.2) is 41.3 Å². The summed E-state index contributed by atoms with van der Waals surface area (Å²) in [5.74, 6) is 0.446. The molecule has 1 aliphatic rings. The van der Waals surface area contributed by atoms with Gasteiger partial charge < -0.3 is 4.74 Å². The van der Waals surface area contributed by atoms with Crippen LogP contribution >= 0.6 is 0 Å². The van der Waals surface area contributed by atoms with Gasteiger partial charge in [0.25, 0.3) is 5.56 Å². The Morgan fingerprint density at radius 1 is 1.22 bits per heavy atom. The Kier molecular flexibility index (Phi) is 2.48. The van der Waals surface area contributed by atoms with E-state index in [2.05, 4.69) is 0 Å². The van der Waals surface area contributed by atoms with Crippen molar-refractivity contribution in [2.24, 2.45) is 0 Å². The van der Waals surface area contributed by atoms with Crippen LogP contribution in [0.4, 0.5) is 0 Å². The number of ether oxygens (including phenoxy) is 1.